The largest absolute Gasteiger partial charge is 0.389 e. The minimum absolute atomic E-state index is 0.541. The number of anilines is 2. The maximum Gasteiger partial charge on any atom is 0.184 e. The zero-order chi connectivity index (χ0) is 9.26. The van der Waals surface area contributed by atoms with E-state index >= 15 is 0 Å². The summed E-state index contributed by atoms with van der Waals surface area (Å²) in [6.07, 6.45) is 5.81. The molecule has 0 radical (unpaired) electrons. The van der Waals surface area contributed by atoms with E-state index < -0.39 is 0 Å². The molecule has 1 heterocycles. The van der Waals surface area contributed by atoms with Gasteiger partial charge in [0.05, 0.1) is 6.20 Å². The number of nitrogens with two attached hydrogens (primary N) is 1. The lowest BCUT2D eigenvalue weighted by Gasteiger charge is -2.31. The molecule has 0 bridgehead atoms. The van der Waals surface area contributed by atoms with Crippen LogP contribution in [0.2, 0.25) is 0 Å². The van der Waals surface area contributed by atoms with Crippen molar-refractivity contribution in [2.75, 3.05) is 11.1 Å². The van der Waals surface area contributed by atoms with Crippen LogP contribution in [-0.4, -0.2) is 11.0 Å². The summed E-state index contributed by atoms with van der Waals surface area (Å²) < 4.78 is 0. The lowest BCUT2D eigenvalue weighted by atomic mass is 9.80. The molecule has 0 spiro atoms. The van der Waals surface area contributed by atoms with E-state index in [2.05, 4.69) is 17.2 Å². The highest BCUT2D eigenvalue weighted by Gasteiger charge is 2.24. The van der Waals surface area contributed by atoms with Gasteiger partial charge in [0.2, 0.25) is 0 Å². The van der Waals surface area contributed by atoms with Crippen LogP contribution >= 0.6 is 11.3 Å². The van der Waals surface area contributed by atoms with Crippen molar-refractivity contribution in [3.63, 3.8) is 0 Å². The van der Waals surface area contributed by atoms with Crippen molar-refractivity contribution in [1.29, 1.82) is 0 Å². The quantitative estimate of drug-likeness (QED) is 0.782. The highest BCUT2D eigenvalue weighted by molar-refractivity contribution is 7.19. The van der Waals surface area contributed by atoms with Crippen molar-refractivity contribution in [2.24, 2.45) is 5.92 Å². The Balaban J connectivity index is 1.89. The smallest absolute Gasteiger partial charge is 0.184 e. The number of hydrogen-bond donors (Lipinski definition) is 2. The molecule has 0 amide bonds. The highest BCUT2D eigenvalue weighted by Crippen LogP contribution is 2.31. The van der Waals surface area contributed by atoms with Gasteiger partial charge in [-0.3, -0.25) is 0 Å². The predicted molar refractivity (Wildman–Crippen MR) is 57.0 cm³/mol. The van der Waals surface area contributed by atoms with Crippen molar-refractivity contribution >= 4 is 21.5 Å². The average Bonchev–Trinajstić information content (AvgIpc) is 2.31. The van der Waals surface area contributed by atoms with Gasteiger partial charge in [0.1, 0.15) is 5.00 Å². The third kappa shape index (κ3) is 1.94. The van der Waals surface area contributed by atoms with E-state index in [9.17, 15) is 0 Å². The standard InChI is InChI=1S/C9H15N3S/c1-6(7-3-2-4-7)12-9-11-5-8(10)13-9/h5-7H,2-4,10H2,1H3,(H,11,12). The van der Waals surface area contributed by atoms with E-state index in [4.69, 9.17) is 5.73 Å². The fraction of sp³-hybridized carbons (Fsp3) is 0.667. The van der Waals surface area contributed by atoms with Gasteiger partial charge < -0.3 is 11.1 Å². The second-order valence-electron chi connectivity index (χ2n) is 3.69. The van der Waals surface area contributed by atoms with Crippen molar-refractivity contribution in [2.45, 2.75) is 32.2 Å². The lowest BCUT2D eigenvalue weighted by Crippen LogP contribution is -2.30. The summed E-state index contributed by atoms with van der Waals surface area (Å²) in [6, 6.07) is 0.541. The maximum atomic E-state index is 5.59. The first-order chi connectivity index (χ1) is 6.25. The summed E-state index contributed by atoms with van der Waals surface area (Å²) in [6.45, 7) is 2.22. The Bertz CT molecular complexity index is 280. The molecule has 13 heavy (non-hydrogen) atoms. The van der Waals surface area contributed by atoms with Crippen LogP contribution in [-0.2, 0) is 0 Å². The Morgan fingerprint density at radius 3 is 2.92 bits per heavy atom. The Kier molecular flexibility index (Phi) is 2.40. The van der Waals surface area contributed by atoms with Crippen molar-refractivity contribution in [3.05, 3.63) is 6.20 Å². The molecule has 72 valence electrons. The fourth-order valence-corrected chi connectivity index (χ4v) is 2.28. The van der Waals surface area contributed by atoms with Crippen molar-refractivity contribution < 1.29 is 0 Å². The first kappa shape index (κ1) is 8.81. The number of hydrogen-bond acceptors (Lipinski definition) is 4. The van der Waals surface area contributed by atoms with Crippen LogP contribution in [0.1, 0.15) is 26.2 Å². The van der Waals surface area contributed by atoms with E-state index in [-0.39, 0.29) is 0 Å². The van der Waals surface area contributed by atoms with Gasteiger partial charge in [-0.25, -0.2) is 4.98 Å². The molecule has 4 heteroatoms. The van der Waals surface area contributed by atoms with Gasteiger partial charge in [-0.1, -0.05) is 17.8 Å². The van der Waals surface area contributed by atoms with Crippen LogP contribution in [0.25, 0.3) is 0 Å². The molecular weight excluding hydrogens is 182 g/mol. The topological polar surface area (TPSA) is 50.9 Å². The lowest BCUT2D eigenvalue weighted by molar-refractivity contribution is 0.285. The summed E-state index contributed by atoms with van der Waals surface area (Å²) in [5, 5.41) is 5.13. The molecule has 1 saturated carbocycles. The molecule has 0 saturated heterocycles. The fourth-order valence-electron chi connectivity index (χ4n) is 1.61. The van der Waals surface area contributed by atoms with Gasteiger partial charge in [0, 0.05) is 6.04 Å². The SMILES string of the molecule is CC(Nc1ncc(N)s1)C1CCC1. The van der Waals surface area contributed by atoms with E-state index in [1.54, 1.807) is 6.20 Å². The molecule has 3 N–H and O–H groups in total. The summed E-state index contributed by atoms with van der Waals surface area (Å²) in [7, 11) is 0. The Morgan fingerprint density at radius 2 is 2.46 bits per heavy atom. The average molecular weight is 197 g/mol. The first-order valence-electron chi connectivity index (χ1n) is 4.73. The van der Waals surface area contributed by atoms with Crippen molar-refractivity contribution in [1.82, 2.24) is 4.98 Å². The third-order valence-electron chi connectivity index (χ3n) is 2.73. The molecule has 1 unspecified atom stereocenters. The molecule has 0 aliphatic heterocycles. The van der Waals surface area contributed by atoms with Crippen LogP contribution in [0.3, 0.4) is 0 Å². The number of nitrogens with zero attached hydrogens (tertiary/aromatic N) is 1. The normalized spacial score (nSPS) is 19.5. The Hall–Kier alpha value is -0.770. The van der Waals surface area contributed by atoms with Crippen molar-refractivity contribution in [3.8, 4) is 0 Å². The predicted octanol–water partition coefficient (Wildman–Crippen LogP) is 2.33. The maximum absolute atomic E-state index is 5.59. The number of thiazole rings is 1. The number of rotatable bonds is 3. The molecule has 1 aliphatic rings. The molecule has 0 aromatic carbocycles. The van der Waals surface area contributed by atoms with E-state index in [1.807, 2.05) is 0 Å². The van der Waals surface area contributed by atoms with E-state index in [1.165, 1.54) is 30.6 Å². The summed E-state index contributed by atoms with van der Waals surface area (Å²) >= 11 is 1.52. The van der Waals surface area contributed by atoms with Gasteiger partial charge in [-0.05, 0) is 25.7 Å². The molecule has 1 fully saturated rings. The number of nitrogen functional groups attached to an aromatic ring is 1. The van der Waals surface area contributed by atoms with E-state index in [0.717, 1.165) is 16.1 Å². The summed E-state index contributed by atoms with van der Waals surface area (Å²) in [5.41, 5.74) is 5.59. The van der Waals surface area contributed by atoms with Gasteiger partial charge >= 0.3 is 0 Å². The van der Waals surface area contributed by atoms with Gasteiger partial charge in [0.25, 0.3) is 0 Å². The molecule has 1 aliphatic carbocycles. The monoisotopic (exact) mass is 197 g/mol. The number of aromatic nitrogens is 1. The van der Waals surface area contributed by atoms with Crippen LogP contribution in [0.4, 0.5) is 10.1 Å². The number of nitrogens with one attached hydrogen (secondary N) is 1. The zero-order valence-electron chi connectivity index (χ0n) is 7.79. The summed E-state index contributed by atoms with van der Waals surface area (Å²) in [4.78, 5) is 4.18. The molecular formula is C9H15N3S. The molecule has 2 rings (SSSR count). The van der Waals surface area contributed by atoms with Crippen LogP contribution in [0.5, 0.6) is 0 Å². The summed E-state index contributed by atoms with van der Waals surface area (Å²) in [5.74, 6) is 0.838. The van der Waals surface area contributed by atoms with Gasteiger partial charge in [0.15, 0.2) is 5.13 Å². The van der Waals surface area contributed by atoms with Crippen LogP contribution in [0, 0.1) is 5.92 Å². The molecule has 1 aromatic rings. The Labute approximate surface area is 82.4 Å². The van der Waals surface area contributed by atoms with Gasteiger partial charge in [-0.2, -0.15) is 0 Å². The zero-order valence-corrected chi connectivity index (χ0v) is 8.60. The Morgan fingerprint density at radius 1 is 1.69 bits per heavy atom. The highest BCUT2D eigenvalue weighted by atomic mass is 32.1. The molecule has 1 aromatic heterocycles. The second-order valence-corrected chi connectivity index (χ2v) is 4.75. The third-order valence-corrected chi connectivity index (χ3v) is 3.49. The second kappa shape index (κ2) is 3.54. The molecule has 3 nitrogen and oxygen atoms in total. The van der Waals surface area contributed by atoms with Crippen LogP contribution < -0.4 is 11.1 Å². The first-order valence-corrected chi connectivity index (χ1v) is 5.55. The minimum atomic E-state index is 0.541. The van der Waals surface area contributed by atoms with E-state index in [0.29, 0.717) is 6.04 Å². The molecule has 1 atom stereocenters. The minimum Gasteiger partial charge on any atom is -0.389 e. The van der Waals surface area contributed by atoms with Crippen LogP contribution in [0.15, 0.2) is 6.20 Å². The van der Waals surface area contributed by atoms with Gasteiger partial charge in [-0.15, -0.1) is 0 Å².